The van der Waals surface area contributed by atoms with Crippen molar-refractivity contribution in [2.24, 2.45) is 0 Å². The second-order valence-electron chi connectivity index (χ2n) is 6.78. The van der Waals surface area contributed by atoms with Crippen molar-refractivity contribution in [1.29, 1.82) is 0 Å². The lowest BCUT2D eigenvalue weighted by Gasteiger charge is -2.07. The summed E-state index contributed by atoms with van der Waals surface area (Å²) in [5.41, 5.74) is 1.01. The fourth-order valence-corrected chi connectivity index (χ4v) is 2.85. The molecule has 0 aliphatic carbocycles. The molecule has 0 radical (unpaired) electrons. The quantitative estimate of drug-likeness (QED) is 0.466. The average Bonchev–Trinajstić information content (AvgIpc) is 3.35. The van der Waals surface area contributed by atoms with E-state index >= 15 is 0 Å². The van der Waals surface area contributed by atoms with Crippen LogP contribution in [0.3, 0.4) is 0 Å². The van der Waals surface area contributed by atoms with Crippen LogP contribution >= 0.6 is 0 Å². The average molecular weight is 443 g/mol. The molecule has 0 spiro atoms. The standard InChI is InChI=1S/C21H16F3N5O3/c1-12-16(10-31-18-7-6-15(23)8-17(18)24)19(28-32-12)20(30)26-21-25-11-29(27-21)9-13-2-4-14(22)5-3-13/h2-8,11H,9-10H2,1H3,(H,26,27,30). The summed E-state index contributed by atoms with van der Waals surface area (Å²) in [6, 6.07) is 8.79. The largest absolute Gasteiger partial charge is 0.486 e. The Morgan fingerprint density at radius 2 is 1.88 bits per heavy atom. The molecule has 0 fully saturated rings. The van der Waals surface area contributed by atoms with Crippen molar-refractivity contribution in [2.45, 2.75) is 20.1 Å². The van der Waals surface area contributed by atoms with Crippen LogP contribution < -0.4 is 10.1 Å². The van der Waals surface area contributed by atoms with E-state index in [2.05, 4.69) is 20.6 Å². The third kappa shape index (κ3) is 4.77. The Morgan fingerprint density at radius 1 is 1.12 bits per heavy atom. The number of rotatable bonds is 7. The van der Waals surface area contributed by atoms with E-state index in [4.69, 9.17) is 9.26 Å². The number of hydrogen-bond acceptors (Lipinski definition) is 6. The molecule has 0 unspecified atom stereocenters. The van der Waals surface area contributed by atoms with E-state index in [-0.39, 0.29) is 35.4 Å². The van der Waals surface area contributed by atoms with Crippen molar-refractivity contribution in [3.05, 3.63) is 88.8 Å². The molecule has 0 saturated carbocycles. The molecular formula is C21H16F3N5O3. The topological polar surface area (TPSA) is 95.1 Å². The van der Waals surface area contributed by atoms with Gasteiger partial charge in [-0.3, -0.25) is 10.1 Å². The van der Waals surface area contributed by atoms with Crippen LogP contribution in [0.2, 0.25) is 0 Å². The van der Waals surface area contributed by atoms with Crippen LogP contribution in [0.5, 0.6) is 5.75 Å². The number of aryl methyl sites for hydroxylation is 1. The predicted octanol–water partition coefficient (Wildman–Crippen LogP) is 3.87. The summed E-state index contributed by atoms with van der Waals surface area (Å²) < 4.78 is 51.7. The van der Waals surface area contributed by atoms with Crippen LogP contribution in [-0.2, 0) is 13.2 Å². The minimum atomic E-state index is -0.874. The maximum Gasteiger partial charge on any atom is 0.280 e. The number of benzene rings is 2. The molecule has 0 aliphatic rings. The maximum atomic E-state index is 13.8. The molecule has 1 N–H and O–H groups in total. The first-order valence-electron chi connectivity index (χ1n) is 9.37. The highest BCUT2D eigenvalue weighted by atomic mass is 19.1. The minimum absolute atomic E-state index is 0.0224. The van der Waals surface area contributed by atoms with E-state index < -0.39 is 17.5 Å². The van der Waals surface area contributed by atoms with Crippen molar-refractivity contribution < 1.29 is 27.2 Å². The van der Waals surface area contributed by atoms with E-state index in [1.165, 1.54) is 23.1 Å². The molecule has 11 heteroatoms. The Labute approximate surface area is 179 Å². The van der Waals surface area contributed by atoms with Gasteiger partial charge in [0.05, 0.1) is 12.1 Å². The first kappa shape index (κ1) is 21.1. The fourth-order valence-electron chi connectivity index (χ4n) is 2.85. The number of amides is 1. The van der Waals surface area contributed by atoms with E-state index in [9.17, 15) is 18.0 Å². The summed E-state index contributed by atoms with van der Waals surface area (Å²) in [6.45, 7) is 1.67. The number of nitrogens with zero attached hydrogens (tertiary/aromatic N) is 4. The van der Waals surface area contributed by atoms with E-state index in [1.54, 1.807) is 19.1 Å². The van der Waals surface area contributed by atoms with Crippen LogP contribution in [0.25, 0.3) is 0 Å². The Morgan fingerprint density at radius 3 is 2.62 bits per heavy atom. The zero-order chi connectivity index (χ0) is 22.7. The first-order valence-corrected chi connectivity index (χ1v) is 9.37. The van der Waals surface area contributed by atoms with Crippen LogP contribution in [0.4, 0.5) is 19.1 Å². The third-order valence-electron chi connectivity index (χ3n) is 4.49. The Hall–Kier alpha value is -4.15. The number of halogens is 3. The maximum absolute atomic E-state index is 13.8. The lowest BCUT2D eigenvalue weighted by atomic mass is 10.2. The highest BCUT2D eigenvalue weighted by molar-refractivity contribution is 6.02. The van der Waals surface area contributed by atoms with Gasteiger partial charge in [-0.05, 0) is 36.8 Å². The molecular weight excluding hydrogens is 427 g/mol. The van der Waals surface area contributed by atoms with Gasteiger partial charge in [0.15, 0.2) is 17.3 Å². The van der Waals surface area contributed by atoms with Gasteiger partial charge in [-0.25, -0.2) is 22.8 Å². The van der Waals surface area contributed by atoms with Gasteiger partial charge in [-0.2, -0.15) is 0 Å². The van der Waals surface area contributed by atoms with Gasteiger partial charge in [-0.15, -0.1) is 5.10 Å². The molecule has 164 valence electrons. The SMILES string of the molecule is Cc1onc(C(=O)Nc2ncn(Cc3ccc(F)cc3)n2)c1COc1ccc(F)cc1F. The van der Waals surface area contributed by atoms with Crippen molar-refractivity contribution >= 4 is 11.9 Å². The highest BCUT2D eigenvalue weighted by Gasteiger charge is 2.22. The monoisotopic (exact) mass is 443 g/mol. The summed E-state index contributed by atoms with van der Waals surface area (Å²) in [5.74, 6) is -2.46. The summed E-state index contributed by atoms with van der Waals surface area (Å²) in [4.78, 5) is 16.6. The summed E-state index contributed by atoms with van der Waals surface area (Å²) in [7, 11) is 0. The fraction of sp³-hybridized carbons (Fsp3) is 0.143. The first-order chi connectivity index (χ1) is 15.4. The van der Waals surface area contributed by atoms with Crippen molar-refractivity contribution in [1.82, 2.24) is 19.9 Å². The molecule has 4 aromatic rings. The number of hydrogen-bond donors (Lipinski definition) is 1. The van der Waals surface area contributed by atoms with Gasteiger partial charge >= 0.3 is 0 Å². The third-order valence-corrected chi connectivity index (χ3v) is 4.49. The van der Waals surface area contributed by atoms with E-state index in [0.29, 0.717) is 18.4 Å². The molecule has 32 heavy (non-hydrogen) atoms. The molecule has 0 aliphatic heterocycles. The smallest absolute Gasteiger partial charge is 0.280 e. The highest BCUT2D eigenvalue weighted by Crippen LogP contribution is 2.22. The number of carbonyl (C=O) groups is 1. The van der Waals surface area contributed by atoms with Gasteiger partial charge in [0.2, 0.25) is 5.95 Å². The Kier molecular flexibility index (Phi) is 5.88. The molecule has 0 saturated heterocycles. The van der Waals surface area contributed by atoms with E-state index in [1.807, 2.05) is 0 Å². The zero-order valence-electron chi connectivity index (χ0n) is 16.7. The Balaban J connectivity index is 1.43. The minimum Gasteiger partial charge on any atom is -0.486 e. The summed E-state index contributed by atoms with van der Waals surface area (Å²) in [5, 5.41) is 10.4. The van der Waals surface area contributed by atoms with Crippen LogP contribution in [0.1, 0.15) is 27.4 Å². The van der Waals surface area contributed by atoms with Crippen molar-refractivity contribution in [2.75, 3.05) is 5.32 Å². The molecule has 4 rings (SSSR count). The number of ether oxygens (including phenoxy) is 1. The molecule has 1 amide bonds. The van der Waals surface area contributed by atoms with E-state index in [0.717, 1.165) is 17.7 Å². The molecule has 0 bridgehead atoms. The van der Waals surface area contributed by atoms with Crippen LogP contribution in [-0.4, -0.2) is 25.8 Å². The zero-order valence-corrected chi connectivity index (χ0v) is 16.7. The molecule has 8 nitrogen and oxygen atoms in total. The summed E-state index contributed by atoms with van der Waals surface area (Å²) >= 11 is 0. The lowest BCUT2D eigenvalue weighted by molar-refractivity contribution is 0.101. The number of anilines is 1. The van der Waals surface area contributed by atoms with Gasteiger partial charge < -0.3 is 9.26 Å². The van der Waals surface area contributed by atoms with Gasteiger partial charge in [-0.1, -0.05) is 17.3 Å². The van der Waals surface area contributed by atoms with Crippen molar-refractivity contribution in [3.63, 3.8) is 0 Å². The lowest BCUT2D eigenvalue weighted by Crippen LogP contribution is -2.16. The van der Waals surface area contributed by atoms with Gasteiger partial charge in [0.1, 0.15) is 30.3 Å². The molecule has 2 aromatic heterocycles. The Bertz CT molecular complexity index is 1250. The van der Waals surface area contributed by atoms with Gasteiger partial charge in [0, 0.05) is 6.07 Å². The number of nitrogens with one attached hydrogen (secondary N) is 1. The normalized spacial score (nSPS) is 10.9. The second-order valence-corrected chi connectivity index (χ2v) is 6.78. The number of aromatic nitrogens is 4. The van der Waals surface area contributed by atoms with Crippen LogP contribution in [0.15, 0.2) is 53.3 Å². The molecule has 2 heterocycles. The van der Waals surface area contributed by atoms with Gasteiger partial charge in [0.25, 0.3) is 5.91 Å². The number of carbonyl (C=O) groups excluding carboxylic acids is 1. The van der Waals surface area contributed by atoms with Crippen molar-refractivity contribution in [3.8, 4) is 5.75 Å². The summed E-state index contributed by atoms with van der Waals surface area (Å²) in [6.07, 6.45) is 1.41. The molecule has 2 aromatic carbocycles. The second kappa shape index (κ2) is 8.92. The predicted molar refractivity (Wildman–Crippen MR) is 105 cm³/mol. The molecule has 0 atom stereocenters. The van der Waals surface area contributed by atoms with Crippen LogP contribution in [0, 0.1) is 24.4 Å².